The Balaban J connectivity index is 1.59. The fraction of sp³-hybridized carbons (Fsp3) is 0.200. The van der Waals surface area contributed by atoms with Gasteiger partial charge in [0.05, 0.1) is 17.3 Å². The number of anilines is 1. The summed E-state index contributed by atoms with van der Waals surface area (Å²) in [6.07, 6.45) is 0.943. The summed E-state index contributed by atoms with van der Waals surface area (Å²) in [5.74, 6) is 1.14. The van der Waals surface area contributed by atoms with Gasteiger partial charge < -0.3 is 9.47 Å². The Morgan fingerprint density at radius 1 is 1.26 bits per heavy atom. The summed E-state index contributed by atoms with van der Waals surface area (Å²) in [5.41, 5.74) is 2.92. The fourth-order valence-corrected chi connectivity index (χ4v) is 3.70. The van der Waals surface area contributed by atoms with Crippen molar-refractivity contribution < 1.29 is 14.3 Å². The Kier molecular flexibility index (Phi) is 6.47. The molecule has 0 saturated heterocycles. The molecule has 0 unspecified atom stereocenters. The van der Waals surface area contributed by atoms with Crippen molar-refractivity contribution in [1.29, 1.82) is 0 Å². The van der Waals surface area contributed by atoms with Crippen LogP contribution in [0.4, 0.5) is 5.13 Å². The van der Waals surface area contributed by atoms with Crippen molar-refractivity contribution in [1.82, 2.24) is 4.98 Å². The quantitative estimate of drug-likeness (QED) is 0.544. The molecule has 0 atom stereocenters. The zero-order valence-corrected chi connectivity index (χ0v) is 17.4. The Hall–Kier alpha value is -2.38. The van der Waals surface area contributed by atoms with E-state index in [0.717, 1.165) is 27.9 Å². The molecular formula is C20H19BrN2O3S. The normalized spacial score (nSPS) is 10.5. The van der Waals surface area contributed by atoms with Crippen molar-refractivity contribution in [3.8, 4) is 22.8 Å². The van der Waals surface area contributed by atoms with Gasteiger partial charge in [-0.3, -0.25) is 10.1 Å². The Labute approximate surface area is 170 Å². The molecular weight excluding hydrogens is 428 g/mol. The number of amides is 1. The average Bonchev–Trinajstić information content (AvgIpc) is 3.15. The first kappa shape index (κ1) is 19.4. The summed E-state index contributed by atoms with van der Waals surface area (Å²) < 4.78 is 11.7. The number of carbonyl (C=O) groups is 1. The number of benzene rings is 2. The number of thiazole rings is 1. The molecule has 7 heteroatoms. The van der Waals surface area contributed by atoms with Gasteiger partial charge in [-0.05, 0) is 52.2 Å². The van der Waals surface area contributed by atoms with E-state index in [1.54, 1.807) is 7.11 Å². The number of hydrogen-bond acceptors (Lipinski definition) is 5. The Morgan fingerprint density at radius 2 is 2.11 bits per heavy atom. The van der Waals surface area contributed by atoms with E-state index < -0.39 is 0 Å². The van der Waals surface area contributed by atoms with Gasteiger partial charge in [0.15, 0.2) is 11.7 Å². The maximum atomic E-state index is 12.2. The molecule has 0 aliphatic carbocycles. The molecule has 0 bridgehead atoms. The molecule has 5 nitrogen and oxygen atoms in total. The van der Waals surface area contributed by atoms with Crippen molar-refractivity contribution in [2.75, 3.05) is 19.0 Å². The predicted octanol–water partition coefficient (Wildman–Crippen LogP) is 5.16. The molecule has 1 amide bonds. The molecule has 0 aliphatic rings. The van der Waals surface area contributed by atoms with Crippen LogP contribution in [0.1, 0.15) is 12.5 Å². The van der Waals surface area contributed by atoms with Crippen LogP contribution in [0.15, 0.2) is 52.3 Å². The predicted molar refractivity (Wildman–Crippen MR) is 112 cm³/mol. The highest BCUT2D eigenvalue weighted by atomic mass is 79.9. The zero-order chi connectivity index (χ0) is 19.2. The molecule has 0 spiro atoms. The van der Waals surface area contributed by atoms with Crippen LogP contribution in [0.3, 0.4) is 0 Å². The van der Waals surface area contributed by atoms with Crippen LogP contribution in [0.2, 0.25) is 0 Å². The van der Waals surface area contributed by atoms with Gasteiger partial charge in [-0.2, -0.15) is 0 Å². The Morgan fingerprint density at radius 3 is 2.85 bits per heavy atom. The van der Waals surface area contributed by atoms with Gasteiger partial charge in [-0.15, -0.1) is 11.3 Å². The number of aryl methyl sites for hydroxylation is 1. The molecule has 0 saturated carbocycles. The van der Waals surface area contributed by atoms with Crippen LogP contribution in [0.5, 0.6) is 11.5 Å². The maximum absolute atomic E-state index is 12.2. The topological polar surface area (TPSA) is 60.5 Å². The van der Waals surface area contributed by atoms with Crippen molar-refractivity contribution in [3.63, 3.8) is 0 Å². The third kappa shape index (κ3) is 5.08. The van der Waals surface area contributed by atoms with Crippen LogP contribution in [-0.4, -0.2) is 24.6 Å². The molecule has 1 N–H and O–H groups in total. The standard InChI is InChI=1S/C20H19BrN2O3S/c1-3-13-7-8-18(16(21)9-13)26-11-19(24)23-20-22-17(12-27-20)14-5-4-6-15(10-14)25-2/h4-10,12H,3,11H2,1-2H3,(H,22,23,24). The number of methoxy groups -OCH3 is 1. The maximum Gasteiger partial charge on any atom is 0.264 e. The van der Waals surface area contributed by atoms with Gasteiger partial charge in [-0.1, -0.05) is 25.1 Å². The molecule has 0 aliphatic heterocycles. The third-order valence-electron chi connectivity index (χ3n) is 3.88. The third-order valence-corrected chi connectivity index (χ3v) is 5.26. The summed E-state index contributed by atoms with van der Waals surface area (Å²) in [6.45, 7) is 2.00. The minimum atomic E-state index is -0.256. The molecule has 1 aromatic heterocycles. The summed E-state index contributed by atoms with van der Waals surface area (Å²) in [5, 5.41) is 5.19. The van der Waals surface area contributed by atoms with Crippen LogP contribution in [0, 0.1) is 0 Å². The van der Waals surface area contributed by atoms with Gasteiger partial charge in [0, 0.05) is 10.9 Å². The first-order valence-electron chi connectivity index (χ1n) is 8.40. The minimum Gasteiger partial charge on any atom is -0.497 e. The molecule has 0 fully saturated rings. The highest BCUT2D eigenvalue weighted by Gasteiger charge is 2.10. The minimum absolute atomic E-state index is 0.0852. The smallest absolute Gasteiger partial charge is 0.264 e. The van der Waals surface area contributed by atoms with Crippen molar-refractivity contribution >= 4 is 38.3 Å². The number of halogens is 1. The largest absolute Gasteiger partial charge is 0.497 e. The second-order valence-electron chi connectivity index (χ2n) is 5.73. The summed E-state index contributed by atoms with van der Waals surface area (Å²) in [7, 11) is 1.62. The van der Waals surface area contributed by atoms with Gasteiger partial charge >= 0.3 is 0 Å². The van der Waals surface area contributed by atoms with E-state index in [0.29, 0.717) is 10.9 Å². The van der Waals surface area contributed by atoms with E-state index in [1.165, 1.54) is 16.9 Å². The van der Waals surface area contributed by atoms with E-state index in [4.69, 9.17) is 9.47 Å². The van der Waals surface area contributed by atoms with E-state index in [2.05, 4.69) is 33.2 Å². The first-order valence-corrected chi connectivity index (χ1v) is 10.1. The number of nitrogens with one attached hydrogen (secondary N) is 1. The van der Waals surface area contributed by atoms with Gasteiger partial charge in [0.1, 0.15) is 11.5 Å². The monoisotopic (exact) mass is 446 g/mol. The molecule has 3 aromatic rings. The number of carbonyl (C=O) groups excluding carboxylic acids is 1. The van der Waals surface area contributed by atoms with Gasteiger partial charge in [0.25, 0.3) is 5.91 Å². The van der Waals surface area contributed by atoms with E-state index >= 15 is 0 Å². The fourth-order valence-electron chi connectivity index (χ4n) is 2.43. The molecule has 2 aromatic carbocycles. The van der Waals surface area contributed by atoms with Crippen LogP contribution >= 0.6 is 27.3 Å². The SMILES string of the molecule is CCc1ccc(OCC(=O)Nc2nc(-c3cccc(OC)c3)cs2)c(Br)c1. The van der Waals surface area contributed by atoms with Crippen LogP contribution < -0.4 is 14.8 Å². The highest BCUT2D eigenvalue weighted by molar-refractivity contribution is 9.10. The Bertz CT molecular complexity index is 942. The van der Waals surface area contributed by atoms with E-state index in [9.17, 15) is 4.79 Å². The van der Waals surface area contributed by atoms with E-state index in [1.807, 2.05) is 47.8 Å². The number of aromatic nitrogens is 1. The average molecular weight is 447 g/mol. The summed E-state index contributed by atoms with van der Waals surface area (Å²) in [6, 6.07) is 13.5. The number of rotatable bonds is 7. The molecule has 27 heavy (non-hydrogen) atoms. The van der Waals surface area contributed by atoms with Gasteiger partial charge in [0.2, 0.25) is 0 Å². The first-order chi connectivity index (χ1) is 13.1. The molecule has 1 heterocycles. The summed E-state index contributed by atoms with van der Waals surface area (Å²) >= 11 is 4.84. The molecule has 0 radical (unpaired) electrons. The number of ether oxygens (including phenoxy) is 2. The summed E-state index contributed by atoms with van der Waals surface area (Å²) in [4.78, 5) is 16.6. The van der Waals surface area contributed by atoms with Crippen molar-refractivity contribution in [2.45, 2.75) is 13.3 Å². The van der Waals surface area contributed by atoms with Crippen molar-refractivity contribution in [3.05, 3.63) is 57.9 Å². The highest BCUT2D eigenvalue weighted by Crippen LogP contribution is 2.28. The second kappa shape index (κ2) is 9.01. The lowest BCUT2D eigenvalue weighted by atomic mass is 10.2. The van der Waals surface area contributed by atoms with E-state index in [-0.39, 0.29) is 12.5 Å². The molecule has 3 rings (SSSR count). The van der Waals surface area contributed by atoms with Crippen LogP contribution in [-0.2, 0) is 11.2 Å². The lowest BCUT2D eigenvalue weighted by molar-refractivity contribution is -0.118. The lowest BCUT2D eigenvalue weighted by Gasteiger charge is -2.09. The molecule has 140 valence electrons. The second-order valence-corrected chi connectivity index (χ2v) is 7.44. The zero-order valence-electron chi connectivity index (χ0n) is 15.0. The number of nitrogens with zero attached hydrogens (tertiary/aromatic N) is 1. The van der Waals surface area contributed by atoms with Crippen LogP contribution in [0.25, 0.3) is 11.3 Å². The van der Waals surface area contributed by atoms with Gasteiger partial charge in [-0.25, -0.2) is 4.98 Å². The van der Waals surface area contributed by atoms with Crippen molar-refractivity contribution in [2.24, 2.45) is 0 Å². The lowest BCUT2D eigenvalue weighted by Crippen LogP contribution is -2.20. The number of hydrogen-bond donors (Lipinski definition) is 1.